The lowest BCUT2D eigenvalue weighted by Crippen LogP contribution is -2.32. The van der Waals surface area contributed by atoms with Crippen LogP contribution in [0.5, 0.6) is 0 Å². The molecule has 0 unspecified atom stereocenters. The largest absolute Gasteiger partial charge is 0.464 e. The van der Waals surface area contributed by atoms with Gasteiger partial charge in [-0.25, -0.2) is 9.78 Å². The van der Waals surface area contributed by atoms with Crippen LogP contribution < -0.4 is 15.5 Å². The number of rotatable bonds is 3. The molecule has 132 valence electrons. The average Bonchev–Trinajstić information content (AvgIpc) is 2.87. The van der Waals surface area contributed by atoms with Crippen LogP contribution in [0.4, 0.5) is 17.5 Å². The zero-order valence-electron chi connectivity index (χ0n) is 14.5. The van der Waals surface area contributed by atoms with E-state index >= 15 is 0 Å². The Morgan fingerprint density at radius 1 is 1.20 bits per heavy atom. The Morgan fingerprint density at radius 3 is 2.72 bits per heavy atom. The number of esters is 1. The van der Waals surface area contributed by atoms with Gasteiger partial charge in [-0.1, -0.05) is 0 Å². The molecule has 1 saturated heterocycles. The fraction of sp³-hybridized carbons (Fsp3) is 0.412. The Balaban J connectivity index is 1.78. The number of methoxy groups -OCH3 is 1. The first-order valence-electron chi connectivity index (χ1n) is 8.22. The molecule has 2 aromatic heterocycles. The Hall–Kier alpha value is -2.90. The quantitative estimate of drug-likeness (QED) is 0.833. The summed E-state index contributed by atoms with van der Waals surface area (Å²) in [5.74, 6) is 0.212. The van der Waals surface area contributed by atoms with Crippen molar-refractivity contribution in [3.8, 4) is 0 Å². The minimum absolute atomic E-state index is 0.177. The number of nitrogens with two attached hydrogens (primary N) is 1. The number of aromatic nitrogens is 3. The van der Waals surface area contributed by atoms with Gasteiger partial charge in [0, 0.05) is 50.3 Å². The van der Waals surface area contributed by atoms with Crippen molar-refractivity contribution in [2.45, 2.75) is 13.3 Å². The van der Waals surface area contributed by atoms with Crippen LogP contribution in [0.15, 0.2) is 24.5 Å². The van der Waals surface area contributed by atoms with E-state index in [-0.39, 0.29) is 11.5 Å². The van der Waals surface area contributed by atoms with Crippen molar-refractivity contribution < 1.29 is 9.53 Å². The molecule has 0 aromatic carbocycles. The lowest BCUT2D eigenvalue weighted by atomic mass is 10.2. The molecule has 1 aliphatic rings. The minimum atomic E-state index is -0.515. The third-order valence-corrected chi connectivity index (χ3v) is 4.24. The van der Waals surface area contributed by atoms with Gasteiger partial charge in [-0.15, -0.1) is 0 Å². The number of nitrogen functional groups attached to an aromatic ring is 1. The Bertz CT molecular complexity index is 767. The molecule has 8 nitrogen and oxygen atoms in total. The monoisotopic (exact) mass is 342 g/mol. The summed E-state index contributed by atoms with van der Waals surface area (Å²) in [6.07, 6.45) is 4.64. The number of ether oxygens (including phenoxy) is 1. The predicted octanol–water partition coefficient (Wildman–Crippen LogP) is 1.27. The molecule has 0 radical (unpaired) electrons. The summed E-state index contributed by atoms with van der Waals surface area (Å²) < 4.78 is 4.73. The molecule has 0 atom stereocenters. The highest BCUT2D eigenvalue weighted by atomic mass is 16.5. The summed E-state index contributed by atoms with van der Waals surface area (Å²) >= 11 is 0. The van der Waals surface area contributed by atoms with Gasteiger partial charge in [0.25, 0.3) is 0 Å². The normalized spacial score (nSPS) is 15.0. The lowest BCUT2D eigenvalue weighted by Gasteiger charge is -2.25. The van der Waals surface area contributed by atoms with Gasteiger partial charge < -0.3 is 20.3 Å². The highest BCUT2D eigenvalue weighted by Crippen LogP contribution is 2.21. The fourth-order valence-electron chi connectivity index (χ4n) is 2.98. The second-order valence-corrected chi connectivity index (χ2v) is 5.96. The standard InChI is InChI=1S/C17H22N6O2/c1-12-11-19-5-4-14(12)22-6-3-7-23(9-8-22)17-20-13(16(24)25-2)10-15(18)21-17/h4-5,10-11H,3,6-9H2,1-2H3,(H2,18,20,21). The van der Waals surface area contributed by atoms with E-state index in [9.17, 15) is 4.79 Å². The number of hydrogen-bond acceptors (Lipinski definition) is 8. The van der Waals surface area contributed by atoms with Crippen molar-refractivity contribution in [2.24, 2.45) is 0 Å². The van der Waals surface area contributed by atoms with Gasteiger partial charge in [0.1, 0.15) is 5.82 Å². The summed E-state index contributed by atoms with van der Waals surface area (Å²) in [5, 5.41) is 0. The van der Waals surface area contributed by atoms with Gasteiger partial charge in [-0.2, -0.15) is 4.98 Å². The number of nitrogens with zero attached hydrogens (tertiary/aromatic N) is 5. The van der Waals surface area contributed by atoms with E-state index in [0.717, 1.165) is 38.2 Å². The van der Waals surface area contributed by atoms with Crippen molar-refractivity contribution >= 4 is 23.4 Å². The van der Waals surface area contributed by atoms with Gasteiger partial charge in [-0.05, 0) is 25.0 Å². The van der Waals surface area contributed by atoms with E-state index in [1.54, 1.807) is 0 Å². The van der Waals surface area contributed by atoms with Crippen LogP contribution in [0.1, 0.15) is 22.5 Å². The lowest BCUT2D eigenvalue weighted by molar-refractivity contribution is 0.0594. The van der Waals surface area contributed by atoms with Crippen LogP contribution in [-0.2, 0) is 4.74 Å². The van der Waals surface area contributed by atoms with E-state index in [2.05, 4.69) is 31.7 Å². The Labute approximate surface area is 146 Å². The number of pyridine rings is 1. The summed E-state index contributed by atoms with van der Waals surface area (Å²) in [7, 11) is 1.32. The first-order chi connectivity index (χ1) is 12.1. The zero-order chi connectivity index (χ0) is 17.8. The van der Waals surface area contributed by atoms with Crippen molar-refractivity contribution in [1.29, 1.82) is 0 Å². The molecule has 2 N–H and O–H groups in total. The van der Waals surface area contributed by atoms with Crippen LogP contribution in [-0.4, -0.2) is 54.2 Å². The molecule has 0 amide bonds. The average molecular weight is 342 g/mol. The van der Waals surface area contributed by atoms with Gasteiger partial charge in [0.15, 0.2) is 5.69 Å². The maximum absolute atomic E-state index is 11.7. The van der Waals surface area contributed by atoms with E-state index < -0.39 is 5.97 Å². The number of carbonyl (C=O) groups excluding carboxylic acids is 1. The number of aryl methyl sites for hydroxylation is 1. The number of carbonyl (C=O) groups is 1. The molecule has 1 aliphatic heterocycles. The summed E-state index contributed by atoms with van der Waals surface area (Å²) in [5.41, 5.74) is 8.36. The van der Waals surface area contributed by atoms with Crippen molar-refractivity contribution in [1.82, 2.24) is 15.0 Å². The highest BCUT2D eigenvalue weighted by molar-refractivity contribution is 5.88. The molecular formula is C17H22N6O2. The molecule has 0 bridgehead atoms. The molecular weight excluding hydrogens is 320 g/mol. The van der Waals surface area contributed by atoms with Gasteiger partial charge >= 0.3 is 5.97 Å². The molecule has 1 fully saturated rings. The Kier molecular flexibility index (Phi) is 4.97. The maximum atomic E-state index is 11.7. The SMILES string of the molecule is COC(=O)c1cc(N)nc(N2CCCN(c3ccncc3C)CC2)n1. The molecule has 3 rings (SSSR count). The fourth-order valence-corrected chi connectivity index (χ4v) is 2.98. The van der Waals surface area contributed by atoms with Crippen LogP contribution in [0.25, 0.3) is 0 Å². The van der Waals surface area contributed by atoms with E-state index in [0.29, 0.717) is 5.95 Å². The highest BCUT2D eigenvalue weighted by Gasteiger charge is 2.20. The summed E-state index contributed by atoms with van der Waals surface area (Å²) in [6.45, 7) is 5.37. The van der Waals surface area contributed by atoms with Gasteiger partial charge in [-0.3, -0.25) is 4.98 Å². The van der Waals surface area contributed by atoms with E-state index in [1.165, 1.54) is 18.9 Å². The zero-order valence-corrected chi connectivity index (χ0v) is 14.5. The van der Waals surface area contributed by atoms with E-state index in [4.69, 9.17) is 10.5 Å². The van der Waals surface area contributed by atoms with Crippen LogP contribution in [0, 0.1) is 6.92 Å². The van der Waals surface area contributed by atoms with Crippen LogP contribution in [0.3, 0.4) is 0 Å². The molecule has 2 aromatic rings. The molecule has 0 spiro atoms. The Morgan fingerprint density at radius 2 is 1.96 bits per heavy atom. The molecule has 25 heavy (non-hydrogen) atoms. The maximum Gasteiger partial charge on any atom is 0.356 e. The van der Waals surface area contributed by atoms with Crippen LogP contribution in [0.2, 0.25) is 0 Å². The second-order valence-electron chi connectivity index (χ2n) is 5.96. The van der Waals surface area contributed by atoms with Crippen molar-refractivity contribution in [3.63, 3.8) is 0 Å². The summed E-state index contributed by atoms with van der Waals surface area (Å²) in [6, 6.07) is 3.47. The second kappa shape index (κ2) is 7.33. The molecule has 0 saturated carbocycles. The van der Waals surface area contributed by atoms with Gasteiger partial charge in [0.05, 0.1) is 7.11 Å². The molecule has 8 heteroatoms. The first kappa shape index (κ1) is 16.9. The smallest absolute Gasteiger partial charge is 0.356 e. The first-order valence-corrected chi connectivity index (χ1v) is 8.22. The number of hydrogen-bond donors (Lipinski definition) is 1. The van der Waals surface area contributed by atoms with Gasteiger partial charge in [0.2, 0.25) is 5.95 Å². The summed E-state index contributed by atoms with van der Waals surface area (Å²) in [4.78, 5) is 28.9. The van der Waals surface area contributed by atoms with E-state index in [1.807, 2.05) is 18.5 Å². The molecule has 0 aliphatic carbocycles. The third-order valence-electron chi connectivity index (χ3n) is 4.24. The van der Waals surface area contributed by atoms with Crippen molar-refractivity contribution in [2.75, 3.05) is 48.8 Å². The molecule has 3 heterocycles. The van der Waals surface area contributed by atoms with Crippen molar-refractivity contribution in [3.05, 3.63) is 35.8 Å². The van der Waals surface area contributed by atoms with Crippen LogP contribution >= 0.6 is 0 Å². The predicted molar refractivity (Wildman–Crippen MR) is 95.8 cm³/mol. The minimum Gasteiger partial charge on any atom is -0.464 e. The topological polar surface area (TPSA) is 97.5 Å². The number of anilines is 3. The third kappa shape index (κ3) is 3.78.